The first-order chi connectivity index (χ1) is 20.0. The number of hydrogen-bond donors (Lipinski definition) is 2. The fourth-order valence-corrected chi connectivity index (χ4v) is 6.56. The molecule has 0 spiro atoms. The molecule has 41 heavy (non-hydrogen) atoms. The van der Waals surface area contributed by atoms with Gasteiger partial charge in [0.1, 0.15) is 18.2 Å². The summed E-state index contributed by atoms with van der Waals surface area (Å²) in [5, 5.41) is 16.2. The third kappa shape index (κ3) is 5.81. The maximum atomic E-state index is 12.2. The molecular weight excluding hydrogens is 516 g/mol. The number of fused-ring (bicyclic) bond motifs is 2. The number of carbonyl (C=O) groups is 1. The Balaban J connectivity index is 1.25. The highest BCUT2D eigenvalue weighted by Gasteiger charge is 2.29. The lowest BCUT2D eigenvalue weighted by Gasteiger charge is -2.38. The minimum Gasteiger partial charge on any atom is -0.508 e. The Hall–Kier alpha value is -3.85. The summed E-state index contributed by atoms with van der Waals surface area (Å²) in [6, 6.07) is 12.8. The molecule has 2 aromatic carbocycles. The predicted octanol–water partition coefficient (Wildman–Crippen LogP) is 3.89. The van der Waals surface area contributed by atoms with E-state index in [0.29, 0.717) is 57.3 Å². The summed E-state index contributed by atoms with van der Waals surface area (Å²) in [6.07, 6.45) is 5.96. The standard InChI is InChI=1S/C32H40N6O3/c1-3-30(40)36-14-16-37(17-15-36)31-26-11-13-38(29-20-24(39)19-23-8-4-5-9-25(23)29)21-28(26)34-32(35-31)41-18-12-33-27-10-6-7-22(27)2/h3-5,8-9,19-20,22,27,33,39H,1,6-7,10-18,21H2,2H3/t22-,27?/m0/s1. The second kappa shape index (κ2) is 11.9. The quantitative estimate of drug-likeness (QED) is 0.319. The molecule has 1 aromatic heterocycles. The van der Waals surface area contributed by atoms with Crippen molar-refractivity contribution in [2.75, 3.05) is 55.7 Å². The van der Waals surface area contributed by atoms with Crippen molar-refractivity contribution in [1.82, 2.24) is 20.2 Å². The van der Waals surface area contributed by atoms with Gasteiger partial charge in [0.05, 0.1) is 12.2 Å². The molecule has 3 heterocycles. The average Bonchev–Trinajstić information content (AvgIpc) is 3.42. The van der Waals surface area contributed by atoms with E-state index in [2.05, 4.69) is 34.7 Å². The highest BCUT2D eigenvalue weighted by Crippen LogP contribution is 2.36. The number of phenols is 1. The number of benzene rings is 2. The Bertz CT molecular complexity index is 1420. The number of hydrogen-bond acceptors (Lipinski definition) is 8. The summed E-state index contributed by atoms with van der Waals surface area (Å²) in [5.74, 6) is 1.84. The van der Waals surface area contributed by atoms with Crippen molar-refractivity contribution in [2.45, 2.75) is 45.2 Å². The van der Waals surface area contributed by atoms with E-state index in [0.717, 1.165) is 53.0 Å². The molecule has 1 saturated carbocycles. The molecule has 0 radical (unpaired) electrons. The number of rotatable bonds is 8. The number of piperazine rings is 1. The Morgan fingerprint density at radius 1 is 1.12 bits per heavy atom. The molecule has 2 aliphatic heterocycles. The third-order valence-corrected chi connectivity index (χ3v) is 8.85. The second-order valence-corrected chi connectivity index (χ2v) is 11.4. The number of carbonyl (C=O) groups excluding carboxylic acids is 1. The molecule has 9 nitrogen and oxygen atoms in total. The van der Waals surface area contributed by atoms with Gasteiger partial charge in [-0.3, -0.25) is 4.79 Å². The zero-order valence-corrected chi connectivity index (χ0v) is 23.9. The van der Waals surface area contributed by atoms with Gasteiger partial charge in [0.2, 0.25) is 5.91 Å². The van der Waals surface area contributed by atoms with Gasteiger partial charge >= 0.3 is 6.01 Å². The summed E-state index contributed by atoms with van der Waals surface area (Å²) < 4.78 is 6.16. The zero-order valence-electron chi connectivity index (χ0n) is 23.9. The van der Waals surface area contributed by atoms with Gasteiger partial charge in [-0.05, 0) is 42.7 Å². The van der Waals surface area contributed by atoms with Crippen LogP contribution in [0.3, 0.4) is 0 Å². The molecule has 2 N–H and O–H groups in total. The van der Waals surface area contributed by atoms with Crippen LogP contribution < -0.4 is 19.9 Å². The first-order valence-corrected chi connectivity index (χ1v) is 14.9. The third-order valence-electron chi connectivity index (χ3n) is 8.85. The lowest BCUT2D eigenvalue weighted by Crippen LogP contribution is -2.49. The lowest BCUT2D eigenvalue weighted by atomic mass is 10.0. The Labute approximate surface area is 241 Å². The maximum Gasteiger partial charge on any atom is 0.318 e. The average molecular weight is 557 g/mol. The van der Waals surface area contributed by atoms with Crippen LogP contribution in [0.2, 0.25) is 0 Å². The molecule has 1 amide bonds. The van der Waals surface area contributed by atoms with Crippen molar-refractivity contribution in [3.8, 4) is 11.8 Å². The Kier molecular flexibility index (Phi) is 7.96. The van der Waals surface area contributed by atoms with Gasteiger partial charge in [0.25, 0.3) is 0 Å². The number of nitrogens with one attached hydrogen (secondary N) is 1. The summed E-state index contributed by atoms with van der Waals surface area (Å²) in [6.45, 7) is 11.3. The number of ether oxygens (including phenoxy) is 1. The van der Waals surface area contributed by atoms with E-state index in [1.54, 1.807) is 6.07 Å². The minimum atomic E-state index is -0.0311. The van der Waals surface area contributed by atoms with Crippen LogP contribution in [0.25, 0.3) is 10.8 Å². The Morgan fingerprint density at radius 3 is 2.73 bits per heavy atom. The lowest BCUT2D eigenvalue weighted by molar-refractivity contribution is -0.126. The number of aromatic hydroxyl groups is 1. The van der Waals surface area contributed by atoms with Gasteiger partial charge < -0.3 is 29.9 Å². The molecular formula is C32H40N6O3. The van der Waals surface area contributed by atoms with E-state index < -0.39 is 0 Å². The van der Waals surface area contributed by atoms with Gasteiger partial charge in [-0.1, -0.05) is 44.2 Å². The number of aromatic nitrogens is 2. The minimum absolute atomic E-state index is 0.0311. The van der Waals surface area contributed by atoms with E-state index >= 15 is 0 Å². The first kappa shape index (κ1) is 27.3. The van der Waals surface area contributed by atoms with Crippen molar-refractivity contribution in [2.24, 2.45) is 5.92 Å². The number of nitrogens with zero attached hydrogens (tertiary/aromatic N) is 5. The number of phenolic OH excluding ortho intramolecular Hbond substituents is 1. The van der Waals surface area contributed by atoms with Crippen LogP contribution in [0.5, 0.6) is 11.8 Å². The summed E-state index contributed by atoms with van der Waals surface area (Å²) >= 11 is 0. The van der Waals surface area contributed by atoms with Crippen molar-refractivity contribution in [1.29, 1.82) is 0 Å². The highest BCUT2D eigenvalue weighted by atomic mass is 16.5. The molecule has 1 aliphatic carbocycles. The van der Waals surface area contributed by atoms with E-state index in [4.69, 9.17) is 14.7 Å². The van der Waals surface area contributed by atoms with Crippen LogP contribution in [0.1, 0.15) is 37.4 Å². The van der Waals surface area contributed by atoms with E-state index in [-0.39, 0.29) is 11.7 Å². The molecule has 216 valence electrons. The highest BCUT2D eigenvalue weighted by molar-refractivity contribution is 5.95. The van der Waals surface area contributed by atoms with Crippen molar-refractivity contribution < 1.29 is 14.6 Å². The van der Waals surface area contributed by atoms with Crippen LogP contribution in [0.4, 0.5) is 11.5 Å². The molecule has 3 aliphatic rings. The second-order valence-electron chi connectivity index (χ2n) is 11.4. The zero-order chi connectivity index (χ0) is 28.3. The fraction of sp³-hybridized carbons (Fsp3) is 0.469. The van der Waals surface area contributed by atoms with Crippen LogP contribution in [0.15, 0.2) is 49.1 Å². The normalized spacial score (nSPS) is 20.8. The summed E-state index contributed by atoms with van der Waals surface area (Å²) in [4.78, 5) is 28.4. The molecule has 1 saturated heterocycles. The first-order valence-electron chi connectivity index (χ1n) is 14.9. The SMILES string of the molecule is C=CC(=O)N1CCN(c2nc(OCCNC3CCC[C@@H]3C)nc3c2CCN(c2cc(O)cc4ccccc24)C3)CC1. The fourth-order valence-electron chi connectivity index (χ4n) is 6.56. The van der Waals surface area contributed by atoms with Crippen LogP contribution in [0, 0.1) is 5.92 Å². The van der Waals surface area contributed by atoms with Crippen molar-refractivity contribution in [3.63, 3.8) is 0 Å². The molecule has 3 aromatic rings. The molecule has 9 heteroatoms. The maximum absolute atomic E-state index is 12.2. The van der Waals surface area contributed by atoms with Crippen LogP contribution in [-0.4, -0.2) is 77.8 Å². The van der Waals surface area contributed by atoms with Crippen molar-refractivity contribution in [3.05, 3.63) is 60.3 Å². The van der Waals surface area contributed by atoms with Crippen molar-refractivity contribution >= 4 is 28.2 Å². The van der Waals surface area contributed by atoms with Gasteiger partial charge in [-0.2, -0.15) is 9.97 Å². The molecule has 6 rings (SSSR count). The topological polar surface area (TPSA) is 94.1 Å². The van der Waals surface area contributed by atoms with E-state index in [1.165, 1.54) is 25.3 Å². The molecule has 2 fully saturated rings. The van der Waals surface area contributed by atoms with Crippen LogP contribution >= 0.6 is 0 Å². The molecule has 2 atom stereocenters. The number of amides is 1. The van der Waals surface area contributed by atoms with Gasteiger partial charge in [0.15, 0.2) is 0 Å². The number of anilines is 2. The van der Waals surface area contributed by atoms with E-state index in [1.807, 2.05) is 29.2 Å². The largest absolute Gasteiger partial charge is 0.508 e. The van der Waals surface area contributed by atoms with Gasteiger partial charge in [0, 0.05) is 68.0 Å². The monoisotopic (exact) mass is 556 g/mol. The summed E-state index contributed by atoms with van der Waals surface area (Å²) in [7, 11) is 0. The van der Waals surface area contributed by atoms with Gasteiger partial charge in [-0.15, -0.1) is 0 Å². The molecule has 0 bridgehead atoms. The predicted molar refractivity (Wildman–Crippen MR) is 162 cm³/mol. The Morgan fingerprint density at radius 2 is 1.95 bits per heavy atom. The molecule has 1 unspecified atom stereocenters. The summed E-state index contributed by atoms with van der Waals surface area (Å²) in [5.41, 5.74) is 3.09. The smallest absolute Gasteiger partial charge is 0.318 e. The van der Waals surface area contributed by atoms with Gasteiger partial charge in [-0.25, -0.2) is 0 Å². The van der Waals surface area contributed by atoms with Crippen LogP contribution in [-0.2, 0) is 17.8 Å². The van der Waals surface area contributed by atoms with E-state index in [9.17, 15) is 9.90 Å².